The highest BCUT2D eigenvalue weighted by molar-refractivity contribution is 7.60. The summed E-state index contributed by atoms with van der Waals surface area (Å²) >= 11 is 0. The number of benzene rings is 2. The monoisotopic (exact) mass is 342 g/mol. The molecular weight excluding hydrogens is 315 g/mol. The first-order valence-corrected chi connectivity index (χ1v) is 10.7. The molecule has 24 heavy (non-hydrogen) atoms. The second-order valence-corrected chi connectivity index (χ2v) is 10.0. The van der Waals surface area contributed by atoms with Crippen molar-refractivity contribution in [1.82, 2.24) is 0 Å². The van der Waals surface area contributed by atoms with Crippen molar-refractivity contribution < 1.29 is 9.09 Å². The van der Waals surface area contributed by atoms with Crippen molar-refractivity contribution in [2.45, 2.75) is 57.0 Å². The van der Waals surface area contributed by atoms with Crippen LogP contribution in [0.2, 0.25) is 0 Å². The van der Waals surface area contributed by atoms with Gasteiger partial charge in [-0.25, -0.2) is 0 Å². The number of rotatable bonds is 6. The summed E-state index contributed by atoms with van der Waals surface area (Å²) in [6, 6.07) is 20.8. The van der Waals surface area contributed by atoms with Crippen LogP contribution in [0.4, 0.5) is 0 Å². The summed E-state index contributed by atoms with van der Waals surface area (Å²) < 4.78 is 20.0. The zero-order valence-electron chi connectivity index (χ0n) is 14.6. The van der Waals surface area contributed by atoms with Gasteiger partial charge in [-0.05, 0) is 50.7 Å². The highest BCUT2D eigenvalue weighted by Gasteiger charge is 2.47. The van der Waals surface area contributed by atoms with E-state index in [2.05, 4.69) is 48.5 Å². The Balaban J connectivity index is 1.81. The third kappa shape index (κ3) is 3.99. The first kappa shape index (κ1) is 17.5. The minimum absolute atomic E-state index is 0.00507. The third-order valence-electron chi connectivity index (χ3n) is 4.85. The van der Waals surface area contributed by atoms with Crippen LogP contribution in [0.1, 0.15) is 37.8 Å². The summed E-state index contributed by atoms with van der Waals surface area (Å²) in [5, 5.41) is 0. The van der Waals surface area contributed by atoms with Crippen LogP contribution in [0.25, 0.3) is 0 Å². The molecule has 2 unspecified atom stereocenters. The Hall–Kier alpha value is -1.37. The van der Waals surface area contributed by atoms with Crippen LogP contribution in [0.5, 0.6) is 0 Å². The van der Waals surface area contributed by atoms with Crippen LogP contribution in [0.15, 0.2) is 60.7 Å². The summed E-state index contributed by atoms with van der Waals surface area (Å²) in [7, 11) is -2.68. The van der Waals surface area contributed by atoms with Crippen LogP contribution in [0.3, 0.4) is 0 Å². The quantitative estimate of drug-likeness (QED) is 0.629. The Morgan fingerprint density at radius 1 is 0.875 bits per heavy atom. The van der Waals surface area contributed by atoms with Crippen LogP contribution >= 0.6 is 7.37 Å². The Morgan fingerprint density at radius 3 is 1.67 bits per heavy atom. The van der Waals surface area contributed by atoms with Gasteiger partial charge in [0.05, 0.1) is 6.10 Å². The van der Waals surface area contributed by atoms with Gasteiger partial charge in [0.15, 0.2) is 0 Å². The molecule has 0 N–H and O–H groups in total. The van der Waals surface area contributed by atoms with Gasteiger partial charge in [0.1, 0.15) is 0 Å². The minimum Gasteiger partial charge on any atom is -0.325 e. The zero-order chi connectivity index (χ0) is 17.0. The Kier molecular flexibility index (Phi) is 5.58. The van der Waals surface area contributed by atoms with Gasteiger partial charge in [0.2, 0.25) is 7.37 Å². The fourth-order valence-corrected chi connectivity index (χ4v) is 7.32. The molecule has 2 aromatic rings. The zero-order valence-corrected chi connectivity index (χ0v) is 15.5. The molecule has 1 fully saturated rings. The average Bonchev–Trinajstić information content (AvgIpc) is 2.85. The smallest absolute Gasteiger partial charge is 0.210 e. The Morgan fingerprint density at radius 2 is 1.29 bits per heavy atom. The lowest BCUT2D eigenvalue weighted by Crippen LogP contribution is -2.18. The molecule has 3 heteroatoms. The lowest BCUT2D eigenvalue weighted by atomic mass is 10.0. The molecule has 0 aliphatic carbocycles. The fraction of sp³-hybridized carbons (Fsp3) is 0.429. The van der Waals surface area contributed by atoms with Crippen LogP contribution in [0, 0.1) is 0 Å². The van der Waals surface area contributed by atoms with E-state index in [1.165, 1.54) is 11.1 Å². The first-order valence-electron chi connectivity index (χ1n) is 8.93. The van der Waals surface area contributed by atoms with Gasteiger partial charge in [-0.15, -0.1) is 0 Å². The van der Waals surface area contributed by atoms with Gasteiger partial charge in [0, 0.05) is 11.3 Å². The Bertz CT molecular complexity index is 628. The first-order chi connectivity index (χ1) is 11.6. The average molecular weight is 342 g/mol. The van der Waals surface area contributed by atoms with E-state index in [0.717, 1.165) is 25.7 Å². The maximum Gasteiger partial charge on any atom is 0.210 e. The molecule has 0 radical (unpaired) electrons. The van der Waals surface area contributed by atoms with E-state index in [9.17, 15) is 4.57 Å². The molecule has 1 heterocycles. The van der Waals surface area contributed by atoms with E-state index >= 15 is 0 Å². The summed E-state index contributed by atoms with van der Waals surface area (Å²) in [4.78, 5) is 0. The molecule has 1 saturated heterocycles. The Labute approximate surface area is 145 Å². The SMILES string of the molecule is CC(C)OP1(=O)C(Cc2ccccc2)CCC1Cc1ccccc1. The molecular formula is C21H27O2P. The molecule has 3 rings (SSSR count). The summed E-state index contributed by atoms with van der Waals surface area (Å²) in [6.45, 7) is 3.99. The van der Waals surface area contributed by atoms with Crippen LogP contribution in [-0.4, -0.2) is 17.4 Å². The van der Waals surface area contributed by atoms with Crippen molar-refractivity contribution in [3.05, 3.63) is 71.8 Å². The van der Waals surface area contributed by atoms with Crippen molar-refractivity contribution in [3.8, 4) is 0 Å². The highest BCUT2D eigenvalue weighted by atomic mass is 31.2. The van der Waals surface area contributed by atoms with Crippen LogP contribution < -0.4 is 0 Å². The molecule has 128 valence electrons. The van der Waals surface area contributed by atoms with Crippen LogP contribution in [-0.2, 0) is 21.9 Å². The molecule has 0 amide bonds. The minimum atomic E-state index is -2.68. The second kappa shape index (κ2) is 7.68. The normalized spacial score (nSPS) is 26.8. The van der Waals surface area contributed by atoms with Gasteiger partial charge in [-0.3, -0.25) is 4.57 Å². The summed E-state index contributed by atoms with van der Waals surface area (Å²) in [5.74, 6) is 0. The van der Waals surface area contributed by atoms with E-state index in [4.69, 9.17) is 4.52 Å². The van der Waals surface area contributed by atoms with E-state index in [-0.39, 0.29) is 17.4 Å². The lowest BCUT2D eigenvalue weighted by molar-refractivity contribution is 0.237. The number of hydrogen-bond donors (Lipinski definition) is 0. The van der Waals surface area contributed by atoms with E-state index in [1.807, 2.05) is 26.0 Å². The molecule has 1 aliphatic rings. The summed E-state index contributed by atoms with van der Waals surface area (Å²) in [6.07, 6.45) is 3.71. The predicted molar refractivity (Wildman–Crippen MR) is 101 cm³/mol. The predicted octanol–water partition coefficient (Wildman–Crippen LogP) is 5.71. The van der Waals surface area contributed by atoms with Crippen molar-refractivity contribution >= 4 is 7.37 Å². The van der Waals surface area contributed by atoms with Gasteiger partial charge in [-0.1, -0.05) is 60.7 Å². The van der Waals surface area contributed by atoms with Crippen molar-refractivity contribution in [3.63, 3.8) is 0 Å². The molecule has 0 aromatic heterocycles. The maximum absolute atomic E-state index is 13.9. The third-order valence-corrected chi connectivity index (χ3v) is 8.52. The van der Waals surface area contributed by atoms with Gasteiger partial charge in [0.25, 0.3) is 0 Å². The van der Waals surface area contributed by atoms with Crippen molar-refractivity contribution in [2.24, 2.45) is 0 Å². The molecule has 2 atom stereocenters. The van der Waals surface area contributed by atoms with Gasteiger partial charge < -0.3 is 4.52 Å². The summed E-state index contributed by atoms with van der Waals surface area (Å²) in [5.41, 5.74) is 2.82. The lowest BCUT2D eigenvalue weighted by Gasteiger charge is -2.28. The maximum atomic E-state index is 13.9. The van der Waals surface area contributed by atoms with Gasteiger partial charge in [-0.2, -0.15) is 0 Å². The van der Waals surface area contributed by atoms with E-state index in [0.29, 0.717) is 0 Å². The topological polar surface area (TPSA) is 26.3 Å². The van der Waals surface area contributed by atoms with E-state index < -0.39 is 7.37 Å². The van der Waals surface area contributed by atoms with Gasteiger partial charge >= 0.3 is 0 Å². The molecule has 1 aliphatic heterocycles. The molecule has 0 saturated carbocycles. The molecule has 0 spiro atoms. The van der Waals surface area contributed by atoms with Crippen molar-refractivity contribution in [2.75, 3.05) is 0 Å². The highest BCUT2D eigenvalue weighted by Crippen LogP contribution is 2.66. The number of hydrogen-bond acceptors (Lipinski definition) is 2. The van der Waals surface area contributed by atoms with E-state index in [1.54, 1.807) is 0 Å². The van der Waals surface area contributed by atoms with Crippen molar-refractivity contribution in [1.29, 1.82) is 0 Å². The fourth-order valence-electron chi connectivity index (χ4n) is 3.78. The standard InChI is InChI=1S/C21H27O2P/c1-17(2)23-24(22)20(15-18-9-5-3-6-10-18)13-14-21(24)16-19-11-7-4-8-12-19/h3-12,17,20-21H,13-16H2,1-2H3. The largest absolute Gasteiger partial charge is 0.325 e. The molecule has 2 aromatic carbocycles. The second-order valence-electron chi connectivity index (χ2n) is 7.06. The molecule has 2 nitrogen and oxygen atoms in total. The molecule has 0 bridgehead atoms.